The highest BCUT2D eigenvalue weighted by atomic mass is 35.5. The molecule has 1 aliphatic carbocycles. The number of hydrogen-bond acceptors (Lipinski definition) is 1. The third-order valence-electron chi connectivity index (χ3n) is 3.09. The van der Waals surface area contributed by atoms with Crippen molar-refractivity contribution in [2.24, 2.45) is 0 Å². The third-order valence-corrected chi connectivity index (χ3v) is 3.31. The zero-order valence-corrected chi connectivity index (χ0v) is 9.74. The zero-order chi connectivity index (χ0) is 11.0. The fraction of sp³-hybridized carbons (Fsp3) is 0.308. The van der Waals surface area contributed by atoms with Gasteiger partial charge in [0.15, 0.2) is 0 Å². The predicted octanol–water partition coefficient (Wildman–Crippen LogP) is 3.95. The first-order valence-electron chi connectivity index (χ1n) is 5.66. The number of imidazole rings is 1. The monoisotopic (exact) mass is 232 g/mol. The molecular weight excluding hydrogens is 220 g/mol. The molecule has 16 heavy (non-hydrogen) atoms. The summed E-state index contributed by atoms with van der Waals surface area (Å²) in [5.41, 5.74) is 3.56. The van der Waals surface area contributed by atoms with Gasteiger partial charge in [-0.2, -0.15) is 0 Å². The first-order valence-corrected chi connectivity index (χ1v) is 6.04. The molecule has 0 spiro atoms. The van der Waals surface area contributed by atoms with E-state index in [0.29, 0.717) is 0 Å². The molecule has 0 fully saturated rings. The van der Waals surface area contributed by atoms with E-state index in [1.54, 1.807) is 0 Å². The van der Waals surface area contributed by atoms with Crippen LogP contribution in [-0.2, 0) is 0 Å². The molecule has 3 heteroatoms. The topological polar surface area (TPSA) is 17.3 Å². The van der Waals surface area contributed by atoms with Crippen LogP contribution < -0.4 is 0 Å². The van der Waals surface area contributed by atoms with Gasteiger partial charge in [-0.15, -0.1) is 0 Å². The molecule has 0 radical (unpaired) electrons. The van der Waals surface area contributed by atoms with Crippen molar-refractivity contribution in [3.8, 4) is 0 Å². The molecule has 2 aromatic heterocycles. The lowest BCUT2D eigenvalue weighted by Gasteiger charge is -2.12. The van der Waals surface area contributed by atoms with Gasteiger partial charge in [-0.3, -0.25) is 4.40 Å². The Morgan fingerprint density at radius 3 is 3.00 bits per heavy atom. The molecule has 82 valence electrons. The summed E-state index contributed by atoms with van der Waals surface area (Å²) >= 11 is 6.02. The molecule has 0 amide bonds. The summed E-state index contributed by atoms with van der Waals surface area (Å²) in [6, 6.07) is 3.83. The van der Waals surface area contributed by atoms with Crippen LogP contribution in [-0.4, -0.2) is 9.38 Å². The largest absolute Gasteiger partial charge is 0.299 e. The van der Waals surface area contributed by atoms with Crippen molar-refractivity contribution in [1.29, 1.82) is 0 Å². The third kappa shape index (κ3) is 1.63. The lowest BCUT2D eigenvalue weighted by Crippen LogP contribution is -1.96. The number of aromatic nitrogens is 2. The molecule has 0 unspecified atom stereocenters. The van der Waals surface area contributed by atoms with Gasteiger partial charge in [0.2, 0.25) is 0 Å². The Balaban J connectivity index is 2.16. The lowest BCUT2D eigenvalue weighted by molar-refractivity contribution is 0.739. The zero-order valence-electron chi connectivity index (χ0n) is 8.99. The van der Waals surface area contributed by atoms with Crippen molar-refractivity contribution in [2.75, 3.05) is 0 Å². The second kappa shape index (κ2) is 3.95. The number of rotatable bonds is 1. The van der Waals surface area contributed by atoms with Gasteiger partial charge in [0.25, 0.3) is 0 Å². The molecule has 0 atom stereocenters. The Bertz CT molecular complexity index is 554. The minimum atomic E-state index is 0.753. The van der Waals surface area contributed by atoms with Crippen LogP contribution in [0.15, 0.2) is 30.6 Å². The first-order chi connectivity index (χ1) is 7.84. The highest BCUT2D eigenvalue weighted by Gasteiger charge is 2.11. The molecule has 0 aliphatic heterocycles. The van der Waals surface area contributed by atoms with E-state index < -0.39 is 0 Å². The van der Waals surface area contributed by atoms with Gasteiger partial charge >= 0.3 is 0 Å². The summed E-state index contributed by atoms with van der Waals surface area (Å²) in [4.78, 5) is 4.40. The van der Waals surface area contributed by atoms with Gasteiger partial charge in [-0.1, -0.05) is 17.7 Å². The van der Waals surface area contributed by atoms with Crippen LogP contribution in [0.1, 0.15) is 31.4 Å². The minimum Gasteiger partial charge on any atom is -0.299 e. The maximum atomic E-state index is 6.02. The van der Waals surface area contributed by atoms with E-state index in [4.69, 9.17) is 11.6 Å². The molecule has 2 nitrogen and oxygen atoms in total. The van der Waals surface area contributed by atoms with Gasteiger partial charge in [-0.25, -0.2) is 4.98 Å². The van der Waals surface area contributed by atoms with E-state index in [1.807, 2.05) is 24.5 Å². The minimum absolute atomic E-state index is 0.753. The van der Waals surface area contributed by atoms with Crippen LogP contribution in [0.3, 0.4) is 0 Å². The van der Waals surface area contributed by atoms with E-state index in [0.717, 1.165) is 17.1 Å². The summed E-state index contributed by atoms with van der Waals surface area (Å²) in [5, 5.41) is 0.753. The van der Waals surface area contributed by atoms with Crippen molar-refractivity contribution < 1.29 is 0 Å². The van der Waals surface area contributed by atoms with E-state index in [1.165, 1.54) is 30.5 Å². The molecule has 1 aliphatic rings. The Kier molecular flexibility index (Phi) is 2.44. The molecule has 0 bridgehead atoms. The van der Waals surface area contributed by atoms with Gasteiger partial charge in [0, 0.05) is 6.20 Å². The molecule has 2 aromatic rings. The van der Waals surface area contributed by atoms with Crippen molar-refractivity contribution >= 4 is 22.8 Å². The summed E-state index contributed by atoms with van der Waals surface area (Å²) in [5.74, 6) is 0. The highest BCUT2D eigenvalue weighted by molar-refractivity contribution is 6.30. The van der Waals surface area contributed by atoms with Crippen LogP contribution in [0, 0.1) is 0 Å². The second-order valence-electron chi connectivity index (χ2n) is 4.19. The standard InChI is InChI=1S/C13H13ClN2/c14-11-6-7-13-15-8-12(16(13)9-11)10-4-2-1-3-5-10/h4,6-9H,1-3,5H2. The Labute approximate surface area is 99.6 Å². The number of halogens is 1. The predicted molar refractivity (Wildman–Crippen MR) is 66.6 cm³/mol. The van der Waals surface area contributed by atoms with Crippen LogP contribution in [0.4, 0.5) is 0 Å². The summed E-state index contributed by atoms with van der Waals surface area (Å²) in [6.07, 6.45) is 11.1. The van der Waals surface area contributed by atoms with Gasteiger partial charge < -0.3 is 0 Å². The van der Waals surface area contributed by atoms with Crippen LogP contribution in [0.25, 0.3) is 11.2 Å². The smallest absolute Gasteiger partial charge is 0.137 e. The molecule has 2 heterocycles. The van der Waals surface area contributed by atoms with Gasteiger partial charge in [0.1, 0.15) is 5.65 Å². The van der Waals surface area contributed by atoms with E-state index >= 15 is 0 Å². The van der Waals surface area contributed by atoms with Crippen LogP contribution >= 0.6 is 11.6 Å². The molecule has 3 rings (SSSR count). The first kappa shape index (κ1) is 9.91. The summed E-state index contributed by atoms with van der Waals surface area (Å²) in [6.45, 7) is 0. The highest BCUT2D eigenvalue weighted by Crippen LogP contribution is 2.27. The number of allylic oxidation sites excluding steroid dienone is 2. The number of hydrogen-bond donors (Lipinski definition) is 0. The lowest BCUT2D eigenvalue weighted by atomic mass is 9.97. The molecule has 0 saturated carbocycles. The van der Waals surface area contributed by atoms with E-state index in [2.05, 4.69) is 15.5 Å². The van der Waals surface area contributed by atoms with Crippen LogP contribution in [0.2, 0.25) is 5.02 Å². The maximum Gasteiger partial charge on any atom is 0.137 e. The molecule has 0 N–H and O–H groups in total. The fourth-order valence-corrected chi connectivity index (χ4v) is 2.42. The maximum absolute atomic E-state index is 6.02. The molecular formula is C13H13ClN2. The van der Waals surface area contributed by atoms with E-state index in [-0.39, 0.29) is 0 Å². The Morgan fingerprint density at radius 1 is 1.25 bits per heavy atom. The second-order valence-corrected chi connectivity index (χ2v) is 4.63. The average Bonchev–Trinajstić information content (AvgIpc) is 2.73. The SMILES string of the molecule is Clc1ccc2ncc(C3=CCCCC3)n2c1. The van der Waals surface area contributed by atoms with Crippen molar-refractivity contribution in [1.82, 2.24) is 9.38 Å². The molecule has 0 aromatic carbocycles. The number of nitrogens with zero attached hydrogens (tertiary/aromatic N) is 2. The van der Waals surface area contributed by atoms with Crippen molar-refractivity contribution in [3.05, 3.63) is 41.3 Å². The quantitative estimate of drug-likeness (QED) is 0.728. The van der Waals surface area contributed by atoms with Crippen molar-refractivity contribution in [2.45, 2.75) is 25.7 Å². The summed E-state index contributed by atoms with van der Waals surface area (Å²) in [7, 11) is 0. The van der Waals surface area contributed by atoms with Crippen molar-refractivity contribution in [3.63, 3.8) is 0 Å². The normalized spacial score (nSPS) is 16.4. The fourth-order valence-electron chi connectivity index (χ4n) is 2.26. The summed E-state index contributed by atoms with van der Waals surface area (Å²) < 4.78 is 2.08. The average molecular weight is 233 g/mol. The van der Waals surface area contributed by atoms with Gasteiger partial charge in [-0.05, 0) is 43.4 Å². The van der Waals surface area contributed by atoms with Gasteiger partial charge in [0.05, 0.1) is 16.9 Å². The number of fused-ring (bicyclic) bond motifs is 1. The molecule has 0 saturated heterocycles. The Morgan fingerprint density at radius 2 is 2.19 bits per heavy atom. The Hall–Kier alpha value is -1.28. The van der Waals surface area contributed by atoms with E-state index in [9.17, 15) is 0 Å². The number of pyridine rings is 1. The van der Waals surface area contributed by atoms with Crippen LogP contribution in [0.5, 0.6) is 0 Å².